The topological polar surface area (TPSA) is 17.1 Å². The Labute approximate surface area is 64.2 Å². The smallest absolute Gasteiger partial charge is 0.152 e. The second kappa shape index (κ2) is 9.66. The van der Waals surface area contributed by atoms with Crippen LogP contribution in [0.25, 0.3) is 0 Å². The van der Waals surface area contributed by atoms with Gasteiger partial charge in [-0.1, -0.05) is 6.58 Å². The number of ketones is 1. The fourth-order valence-corrected chi connectivity index (χ4v) is 0. The van der Waals surface area contributed by atoms with Crippen LogP contribution in [0.4, 0.5) is 0 Å². The van der Waals surface area contributed by atoms with E-state index in [1.165, 1.54) is 13.0 Å². The quantitative estimate of drug-likeness (QED) is 0.430. The molecule has 0 N–H and O–H groups in total. The van der Waals surface area contributed by atoms with E-state index >= 15 is 0 Å². The average Bonchev–Trinajstić information content (AvgIpc) is 1.38. The van der Waals surface area contributed by atoms with Crippen LogP contribution in [-0.4, -0.2) is 5.78 Å². The molecular formula is C4H6CrNiO. The number of carbonyl (C=O) groups is 1. The molecule has 0 aromatic rings. The van der Waals surface area contributed by atoms with E-state index in [1.807, 2.05) is 0 Å². The molecule has 0 rings (SSSR count). The minimum absolute atomic E-state index is 0. The van der Waals surface area contributed by atoms with Crippen LogP contribution < -0.4 is 0 Å². The molecule has 44 valence electrons. The largest absolute Gasteiger partial charge is 0.295 e. The van der Waals surface area contributed by atoms with Gasteiger partial charge in [0.15, 0.2) is 5.78 Å². The van der Waals surface area contributed by atoms with Gasteiger partial charge in [0.25, 0.3) is 0 Å². The van der Waals surface area contributed by atoms with Crippen molar-refractivity contribution in [3.8, 4) is 0 Å². The molecule has 3 heteroatoms. The third-order valence-electron chi connectivity index (χ3n) is 0.287. The fourth-order valence-electron chi connectivity index (χ4n) is 0. The van der Waals surface area contributed by atoms with Crippen molar-refractivity contribution in [1.82, 2.24) is 0 Å². The van der Waals surface area contributed by atoms with Gasteiger partial charge in [0.1, 0.15) is 0 Å². The summed E-state index contributed by atoms with van der Waals surface area (Å²) < 4.78 is 0. The Morgan fingerprint density at radius 3 is 1.86 bits per heavy atom. The van der Waals surface area contributed by atoms with E-state index in [0.29, 0.717) is 0 Å². The van der Waals surface area contributed by atoms with Gasteiger partial charge in [0, 0.05) is 33.9 Å². The first-order valence-electron chi connectivity index (χ1n) is 1.40. The summed E-state index contributed by atoms with van der Waals surface area (Å²) in [6, 6.07) is 0. The van der Waals surface area contributed by atoms with Gasteiger partial charge in [0.05, 0.1) is 0 Å². The Balaban J connectivity index is -0.0000000800. The van der Waals surface area contributed by atoms with Gasteiger partial charge in [-0.3, -0.25) is 4.79 Å². The fraction of sp³-hybridized carbons (Fsp3) is 0.250. The van der Waals surface area contributed by atoms with Crippen LogP contribution in [0, 0.1) is 0 Å². The van der Waals surface area contributed by atoms with E-state index in [4.69, 9.17) is 0 Å². The van der Waals surface area contributed by atoms with Gasteiger partial charge in [-0.15, -0.1) is 0 Å². The molecule has 0 aliphatic rings. The SMILES string of the molecule is C=CC(C)=O.[Cr].[Ni]. The maximum absolute atomic E-state index is 9.69. The molecule has 0 aromatic carbocycles. The molecule has 0 saturated heterocycles. The monoisotopic (exact) mass is 180 g/mol. The van der Waals surface area contributed by atoms with E-state index in [9.17, 15) is 4.79 Å². The Morgan fingerprint density at radius 2 is 1.86 bits per heavy atom. The Kier molecular flexibility index (Phi) is 21.6. The average molecular weight is 181 g/mol. The molecule has 0 radical (unpaired) electrons. The van der Waals surface area contributed by atoms with Gasteiger partial charge in [0.2, 0.25) is 0 Å². The molecule has 0 unspecified atom stereocenters. The predicted octanol–water partition coefficient (Wildman–Crippen LogP) is 0.756. The molecule has 0 heterocycles. The number of carbonyl (C=O) groups excluding carboxylic acids is 1. The molecule has 0 aliphatic carbocycles. The van der Waals surface area contributed by atoms with Gasteiger partial charge in [-0.2, -0.15) is 0 Å². The van der Waals surface area contributed by atoms with E-state index in [2.05, 4.69) is 6.58 Å². The van der Waals surface area contributed by atoms with Crippen molar-refractivity contribution < 1.29 is 38.6 Å². The minimum atomic E-state index is 0. The molecule has 0 aromatic heterocycles. The summed E-state index contributed by atoms with van der Waals surface area (Å²) in [6.07, 6.45) is 1.28. The predicted molar refractivity (Wildman–Crippen MR) is 20.9 cm³/mol. The second-order valence-corrected chi connectivity index (χ2v) is 0.815. The summed E-state index contributed by atoms with van der Waals surface area (Å²) in [5.74, 6) is 0.0185. The number of hydrogen-bond acceptors (Lipinski definition) is 1. The normalized spacial score (nSPS) is 4.71. The molecule has 0 amide bonds. The summed E-state index contributed by atoms with van der Waals surface area (Å²) in [4.78, 5) is 9.69. The third-order valence-corrected chi connectivity index (χ3v) is 0.287. The summed E-state index contributed by atoms with van der Waals surface area (Å²) in [7, 11) is 0. The zero-order valence-electron chi connectivity index (χ0n) is 3.92. The molecule has 1 nitrogen and oxygen atoms in total. The minimum Gasteiger partial charge on any atom is -0.295 e. The molecule has 0 spiro atoms. The molecular weight excluding hydrogens is 175 g/mol. The number of allylic oxidation sites excluding steroid dienone is 1. The van der Waals surface area contributed by atoms with E-state index in [0.717, 1.165) is 0 Å². The van der Waals surface area contributed by atoms with Crippen LogP contribution in [-0.2, 0) is 38.6 Å². The first-order valence-corrected chi connectivity index (χ1v) is 1.40. The van der Waals surface area contributed by atoms with Crippen LogP contribution in [0.2, 0.25) is 0 Å². The maximum atomic E-state index is 9.69. The van der Waals surface area contributed by atoms with E-state index < -0.39 is 0 Å². The molecule has 0 saturated carbocycles. The zero-order chi connectivity index (χ0) is 4.28. The Hall–Kier alpha value is 0.436. The van der Waals surface area contributed by atoms with Crippen LogP contribution in [0.15, 0.2) is 12.7 Å². The molecule has 7 heavy (non-hydrogen) atoms. The van der Waals surface area contributed by atoms with Crippen LogP contribution in [0.3, 0.4) is 0 Å². The van der Waals surface area contributed by atoms with Crippen LogP contribution >= 0.6 is 0 Å². The Bertz CT molecular complexity index is 62.7. The molecule has 0 aliphatic heterocycles. The van der Waals surface area contributed by atoms with Crippen molar-refractivity contribution in [2.45, 2.75) is 6.92 Å². The van der Waals surface area contributed by atoms with E-state index in [1.54, 1.807) is 0 Å². The van der Waals surface area contributed by atoms with Gasteiger partial charge < -0.3 is 0 Å². The number of rotatable bonds is 1. The summed E-state index contributed by atoms with van der Waals surface area (Å²) in [6.45, 7) is 4.68. The van der Waals surface area contributed by atoms with Crippen LogP contribution in [0.5, 0.6) is 0 Å². The summed E-state index contributed by atoms with van der Waals surface area (Å²) in [5.41, 5.74) is 0. The first-order chi connectivity index (χ1) is 2.27. The zero-order valence-corrected chi connectivity index (χ0v) is 6.18. The number of hydrogen-bond donors (Lipinski definition) is 0. The van der Waals surface area contributed by atoms with E-state index in [-0.39, 0.29) is 39.6 Å². The van der Waals surface area contributed by atoms with Crippen molar-refractivity contribution >= 4 is 5.78 Å². The maximum Gasteiger partial charge on any atom is 0.152 e. The van der Waals surface area contributed by atoms with Crippen molar-refractivity contribution in [1.29, 1.82) is 0 Å². The molecule has 0 bridgehead atoms. The second-order valence-electron chi connectivity index (χ2n) is 0.815. The van der Waals surface area contributed by atoms with Gasteiger partial charge in [-0.05, 0) is 13.0 Å². The summed E-state index contributed by atoms with van der Waals surface area (Å²) >= 11 is 0. The van der Waals surface area contributed by atoms with Crippen molar-refractivity contribution in [3.63, 3.8) is 0 Å². The van der Waals surface area contributed by atoms with Crippen LogP contribution in [0.1, 0.15) is 6.92 Å². The molecule has 0 atom stereocenters. The third kappa shape index (κ3) is 21.3. The van der Waals surface area contributed by atoms with Crippen molar-refractivity contribution in [3.05, 3.63) is 12.7 Å². The van der Waals surface area contributed by atoms with Gasteiger partial charge in [-0.25, -0.2) is 0 Å². The first kappa shape index (κ1) is 15.7. The Morgan fingerprint density at radius 1 is 1.71 bits per heavy atom. The van der Waals surface area contributed by atoms with Crippen molar-refractivity contribution in [2.75, 3.05) is 0 Å². The standard InChI is InChI=1S/C4H6O.Cr.Ni/c1-3-4(2)5;;/h3H,1H2,2H3;;. The molecule has 0 fully saturated rings. The van der Waals surface area contributed by atoms with Crippen molar-refractivity contribution in [2.24, 2.45) is 0 Å². The van der Waals surface area contributed by atoms with Gasteiger partial charge >= 0.3 is 0 Å². The summed E-state index contributed by atoms with van der Waals surface area (Å²) in [5, 5.41) is 0.